The van der Waals surface area contributed by atoms with E-state index in [0.717, 1.165) is 37.8 Å². The first-order valence-corrected chi connectivity index (χ1v) is 8.34. The largest absolute Gasteiger partial charge is 0.353 e. The quantitative estimate of drug-likeness (QED) is 0.726. The van der Waals surface area contributed by atoms with Gasteiger partial charge in [0, 0.05) is 31.6 Å². The van der Waals surface area contributed by atoms with E-state index in [4.69, 9.17) is 5.26 Å². The van der Waals surface area contributed by atoms with E-state index in [1.807, 2.05) is 12.1 Å². The molecule has 6 heteroatoms. The van der Waals surface area contributed by atoms with Crippen LogP contribution < -0.4 is 9.80 Å². The van der Waals surface area contributed by atoms with Crippen LogP contribution in [0.5, 0.6) is 0 Å². The second-order valence-electron chi connectivity index (χ2n) is 5.47. The number of fused-ring (bicyclic) bond motifs is 1. The van der Waals surface area contributed by atoms with Gasteiger partial charge in [0.25, 0.3) is 0 Å². The summed E-state index contributed by atoms with van der Waals surface area (Å²) < 4.78 is 5.86. The van der Waals surface area contributed by atoms with Crippen LogP contribution >= 0.6 is 11.5 Å². The molecule has 3 heterocycles. The lowest BCUT2D eigenvalue weighted by atomic mass is 10.2. The summed E-state index contributed by atoms with van der Waals surface area (Å²) >= 11 is 1.56. The second-order valence-corrected chi connectivity index (χ2v) is 6.27. The molecule has 2 aromatic heterocycles. The first-order valence-electron chi connectivity index (χ1n) is 7.56. The van der Waals surface area contributed by atoms with Crippen molar-refractivity contribution in [2.45, 2.75) is 0 Å². The third-order valence-electron chi connectivity index (χ3n) is 4.11. The monoisotopic (exact) mass is 321 g/mol. The minimum atomic E-state index is 0.468. The Kier molecular flexibility index (Phi) is 3.56. The van der Waals surface area contributed by atoms with Crippen LogP contribution in [-0.4, -0.2) is 35.5 Å². The molecule has 1 aliphatic heterocycles. The topological polar surface area (TPSA) is 56.1 Å². The Morgan fingerprint density at radius 2 is 1.74 bits per heavy atom. The van der Waals surface area contributed by atoms with Gasteiger partial charge in [-0.15, -0.1) is 0 Å². The molecule has 0 spiro atoms. The van der Waals surface area contributed by atoms with Crippen LogP contribution in [0.2, 0.25) is 0 Å². The molecule has 1 saturated heterocycles. The first kappa shape index (κ1) is 14.0. The zero-order chi connectivity index (χ0) is 15.6. The Morgan fingerprint density at radius 3 is 2.57 bits per heavy atom. The molecular weight excluding hydrogens is 306 g/mol. The van der Waals surface area contributed by atoms with Crippen molar-refractivity contribution in [1.82, 2.24) is 9.36 Å². The predicted molar refractivity (Wildman–Crippen MR) is 93.0 cm³/mol. The third-order valence-corrected chi connectivity index (χ3v) is 4.93. The molecule has 0 bridgehead atoms. The maximum atomic E-state index is 8.98. The highest BCUT2D eigenvalue weighted by atomic mass is 32.1. The molecule has 1 aliphatic rings. The molecule has 0 atom stereocenters. The standard InChI is InChI=1S/C17H15N5S/c18-12-13-4-3-7-16(19-13)21-8-10-22(11-9-21)17-14-5-1-2-6-15(14)23-20-17/h1-7H,8-11H2. The third kappa shape index (κ3) is 2.60. The molecule has 0 N–H and O–H groups in total. The van der Waals surface area contributed by atoms with Gasteiger partial charge in [0.15, 0.2) is 0 Å². The summed E-state index contributed by atoms with van der Waals surface area (Å²) in [5.74, 6) is 1.97. The zero-order valence-electron chi connectivity index (χ0n) is 12.5. The summed E-state index contributed by atoms with van der Waals surface area (Å²) in [6.45, 7) is 3.58. The zero-order valence-corrected chi connectivity index (χ0v) is 13.3. The fraction of sp³-hybridized carbons (Fsp3) is 0.235. The molecule has 3 aromatic rings. The molecular formula is C17H15N5S. The van der Waals surface area contributed by atoms with Gasteiger partial charge in [-0.1, -0.05) is 18.2 Å². The van der Waals surface area contributed by atoms with Crippen molar-refractivity contribution in [1.29, 1.82) is 5.26 Å². The molecule has 0 amide bonds. The number of anilines is 2. The summed E-state index contributed by atoms with van der Waals surface area (Å²) in [4.78, 5) is 8.95. The molecule has 0 aliphatic carbocycles. The average Bonchev–Trinajstić information content (AvgIpc) is 3.06. The van der Waals surface area contributed by atoms with E-state index in [0.29, 0.717) is 5.69 Å². The maximum absolute atomic E-state index is 8.98. The van der Waals surface area contributed by atoms with Crippen molar-refractivity contribution in [2.75, 3.05) is 36.0 Å². The lowest BCUT2D eigenvalue weighted by molar-refractivity contribution is 0.645. The normalized spacial score (nSPS) is 14.9. The van der Waals surface area contributed by atoms with Crippen LogP contribution in [-0.2, 0) is 0 Å². The van der Waals surface area contributed by atoms with Crippen LogP contribution in [0.4, 0.5) is 11.6 Å². The van der Waals surface area contributed by atoms with Crippen molar-refractivity contribution in [2.24, 2.45) is 0 Å². The summed E-state index contributed by atoms with van der Waals surface area (Å²) in [6.07, 6.45) is 0. The van der Waals surface area contributed by atoms with Crippen LogP contribution in [0.25, 0.3) is 10.1 Å². The predicted octanol–water partition coefficient (Wildman–Crippen LogP) is 2.89. The molecule has 23 heavy (non-hydrogen) atoms. The second kappa shape index (κ2) is 5.86. The maximum Gasteiger partial charge on any atom is 0.150 e. The number of piperazine rings is 1. The number of rotatable bonds is 2. The molecule has 0 radical (unpaired) electrons. The van der Waals surface area contributed by atoms with Gasteiger partial charge in [-0.2, -0.15) is 9.64 Å². The van der Waals surface area contributed by atoms with E-state index in [9.17, 15) is 0 Å². The fourth-order valence-electron chi connectivity index (χ4n) is 2.91. The number of nitriles is 1. The van der Waals surface area contributed by atoms with E-state index < -0.39 is 0 Å². The SMILES string of the molecule is N#Cc1cccc(N2CCN(c3nsc4ccccc34)CC2)n1. The minimum absolute atomic E-state index is 0.468. The molecule has 1 fully saturated rings. The number of pyridine rings is 1. The Labute approximate surface area is 138 Å². The molecule has 1 aromatic carbocycles. The van der Waals surface area contributed by atoms with Crippen molar-refractivity contribution in [3.05, 3.63) is 48.2 Å². The average molecular weight is 321 g/mol. The number of nitrogens with zero attached hydrogens (tertiary/aromatic N) is 5. The van der Waals surface area contributed by atoms with Crippen molar-refractivity contribution < 1.29 is 0 Å². The molecule has 0 unspecified atom stereocenters. The minimum Gasteiger partial charge on any atom is -0.353 e. The first-order chi connectivity index (χ1) is 11.3. The van der Waals surface area contributed by atoms with Gasteiger partial charge in [-0.25, -0.2) is 4.98 Å². The van der Waals surface area contributed by atoms with Gasteiger partial charge in [-0.05, 0) is 35.8 Å². The van der Waals surface area contributed by atoms with E-state index in [-0.39, 0.29) is 0 Å². The Balaban J connectivity index is 1.52. The van der Waals surface area contributed by atoms with E-state index in [1.54, 1.807) is 17.6 Å². The van der Waals surface area contributed by atoms with Gasteiger partial charge in [-0.3, -0.25) is 0 Å². The Bertz CT molecular complexity index is 874. The van der Waals surface area contributed by atoms with Crippen molar-refractivity contribution >= 4 is 33.3 Å². The molecule has 5 nitrogen and oxygen atoms in total. The van der Waals surface area contributed by atoms with Gasteiger partial charge in [0.1, 0.15) is 23.4 Å². The highest BCUT2D eigenvalue weighted by Crippen LogP contribution is 2.30. The van der Waals surface area contributed by atoms with Gasteiger partial charge >= 0.3 is 0 Å². The lowest BCUT2D eigenvalue weighted by Crippen LogP contribution is -2.47. The molecule has 114 valence electrons. The van der Waals surface area contributed by atoms with E-state index in [2.05, 4.69) is 49.5 Å². The van der Waals surface area contributed by atoms with Crippen LogP contribution in [0.3, 0.4) is 0 Å². The highest BCUT2D eigenvalue weighted by molar-refractivity contribution is 7.13. The summed E-state index contributed by atoms with van der Waals surface area (Å²) in [7, 11) is 0. The fourth-order valence-corrected chi connectivity index (χ4v) is 3.71. The molecule has 0 saturated carbocycles. The Hall–Kier alpha value is -2.65. The van der Waals surface area contributed by atoms with Crippen molar-refractivity contribution in [3.8, 4) is 6.07 Å². The number of hydrogen-bond acceptors (Lipinski definition) is 6. The molecule has 4 rings (SSSR count). The van der Waals surface area contributed by atoms with Crippen LogP contribution in [0.1, 0.15) is 5.69 Å². The summed E-state index contributed by atoms with van der Waals surface area (Å²) in [6, 6.07) is 16.1. The van der Waals surface area contributed by atoms with E-state index in [1.165, 1.54) is 10.1 Å². The summed E-state index contributed by atoms with van der Waals surface area (Å²) in [5.41, 5.74) is 0.468. The number of hydrogen-bond donors (Lipinski definition) is 0. The number of benzene rings is 1. The van der Waals surface area contributed by atoms with Crippen molar-refractivity contribution in [3.63, 3.8) is 0 Å². The van der Waals surface area contributed by atoms with Gasteiger partial charge in [0.05, 0.1) is 4.70 Å². The summed E-state index contributed by atoms with van der Waals surface area (Å²) in [5, 5.41) is 10.2. The van der Waals surface area contributed by atoms with Gasteiger partial charge < -0.3 is 9.80 Å². The smallest absolute Gasteiger partial charge is 0.150 e. The highest BCUT2D eigenvalue weighted by Gasteiger charge is 2.21. The number of aromatic nitrogens is 2. The van der Waals surface area contributed by atoms with E-state index >= 15 is 0 Å². The van der Waals surface area contributed by atoms with Crippen LogP contribution in [0.15, 0.2) is 42.5 Å². The van der Waals surface area contributed by atoms with Gasteiger partial charge in [0.2, 0.25) is 0 Å². The Morgan fingerprint density at radius 1 is 0.957 bits per heavy atom. The van der Waals surface area contributed by atoms with Crippen LogP contribution in [0, 0.1) is 11.3 Å². The lowest BCUT2D eigenvalue weighted by Gasteiger charge is -2.35.